The van der Waals surface area contributed by atoms with E-state index in [1.165, 1.54) is 6.20 Å². The van der Waals surface area contributed by atoms with Crippen LogP contribution in [0.2, 0.25) is 0 Å². The minimum absolute atomic E-state index is 0.00704. The lowest BCUT2D eigenvalue weighted by atomic mass is 9.88. The molecule has 1 saturated carbocycles. The summed E-state index contributed by atoms with van der Waals surface area (Å²) < 4.78 is 29.4. The van der Waals surface area contributed by atoms with Gasteiger partial charge in [0.1, 0.15) is 4.90 Å². The van der Waals surface area contributed by atoms with Crippen LogP contribution in [0.3, 0.4) is 0 Å². The van der Waals surface area contributed by atoms with Crippen molar-refractivity contribution in [2.24, 2.45) is 5.41 Å². The Balaban J connectivity index is 2.02. The number of nitrogens with one attached hydrogen (secondary N) is 2. The first-order valence-electron chi connectivity index (χ1n) is 7.60. The Kier molecular flexibility index (Phi) is 5.06. The van der Waals surface area contributed by atoms with Crippen molar-refractivity contribution in [1.82, 2.24) is 19.8 Å². The van der Waals surface area contributed by atoms with E-state index < -0.39 is 10.0 Å². The molecule has 21 heavy (non-hydrogen) atoms. The summed E-state index contributed by atoms with van der Waals surface area (Å²) in [4.78, 5) is 0.252. The molecule has 1 aromatic rings. The van der Waals surface area contributed by atoms with Crippen LogP contribution < -0.4 is 10.0 Å². The van der Waals surface area contributed by atoms with Crippen LogP contribution in [0.15, 0.2) is 17.3 Å². The van der Waals surface area contributed by atoms with Crippen LogP contribution >= 0.6 is 0 Å². The summed E-state index contributed by atoms with van der Waals surface area (Å²) in [7, 11) is -3.48. The fourth-order valence-electron chi connectivity index (χ4n) is 2.78. The minimum Gasteiger partial charge on any atom is -0.315 e. The largest absolute Gasteiger partial charge is 0.315 e. The first-order chi connectivity index (χ1) is 9.85. The lowest BCUT2D eigenvalue weighted by Gasteiger charge is -2.27. The summed E-state index contributed by atoms with van der Waals surface area (Å²) in [6.07, 6.45) is 6.06. The highest BCUT2D eigenvalue weighted by Gasteiger charge is 2.37. The van der Waals surface area contributed by atoms with Gasteiger partial charge >= 0.3 is 0 Å². The molecule has 0 saturated heterocycles. The van der Waals surface area contributed by atoms with Crippen LogP contribution in [0.4, 0.5) is 0 Å². The monoisotopic (exact) mass is 314 g/mol. The second-order valence-corrected chi connectivity index (χ2v) is 8.06. The standard InChI is InChI=1S/C14H26N4O2S/c1-4-15-8-9-18-11-12(10-16-18)21(19,20)17-13-6-5-7-14(13,2)3/h10-11,13,15,17H,4-9H2,1-3H3. The number of sulfonamides is 1. The van der Waals surface area contributed by atoms with E-state index in [2.05, 4.69) is 29.0 Å². The van der Waals surface area contributed by atoms with Gasteiger partial charge in [-0.1, -0.05) is 27.2 Å². The van der Waals surface area contributed by atoms with E-state index in [0.29, 0.717) is 6.54 Å². The van der Waals surface area contributed by atoms with Gasteiger partial charge in [-0.25, -0.2) is 13.1 Å². The fraction of sp³-hybridized carbons (Fsp3) is 0.786. The minimum atomic E-state index is -3.48. The molecule has 1 aromatic heterocycles. The molecule has 120 valence electrons. The van der Waals surface area contributed by atoms with Crippen LogP contribution in [0.5, 0.6) is 0 Å². The SMILES string of the molecule is CCNCCn1cc(S(=O)(=O)NC2CCCC2(C)C)cn1. The Morgan fingerprint density at radius 1 is 1.48 bits per heavy atom. The van der Waals surface area contributed by atoms with E-state index in [-0.39, 0.29) is 16.4 Å². The van der Waals surface area contributed by atoms with E-state index >= 15 is 0 Å². The van der Waals surface area contributed by atoms with Crippen LogP contribution in [-0.2, 0) is 16.6 Å². The number of likely N-dealkylation sites (N-methyl/N-ethyl adjacent to an activating group) is 1. The van der Waals surface area contributed by atoms with Crippen molar-refractivity contribution in [2.45, 2.75) is 57.5 Å². The maximum atomic E-state index is 12.4. The van der Waals surface area contributed by atoms with Gasteiger partial charge in [0.25, 0.3) is 0 Å². The second-order valence-electron chi connectivity index (χ2n) is 6.35. The maximum Gasteiger partial charge on any atom is 0.243 e. The molecule has 2 rings (SSSR count). The van der Waals surface area contributed by atoms with Crippen molar-refractivity contribution in [1.29, 1.82) is 0 Å². The van der Waals surface area contributed by atoms with E-state index in [1.54, 1.807) is 10.9 Å². The predicted octanol–water partition coefficient (Wildman–Crippen LogP) is 1.35. The second kappa shape index (κ2) is 6.46. The molecule has 0 amide bonds. The molecule has 1 heterocycles. The third kappa shape index (κ3) is 4.05. The zero-order valence-electron chi connectivity index (χ0n) is 13.1. The average molecular weight is 314 g/mol. The van der Waals surface area contributed by atoms with Crippen molar-refractivity contribution in [3.8, 4) is 0 Å². The highest BCUT2D eigenvalue weighted by atomic mass is 32.2. The highest BCUT2D eigenvalue weighted by Crippen LogP contribution is 2.37. The summed E-state index contributed by atoms with van der Waals surface area (Å²) >= 11 is 0. The Bertz CT molecular complexity index is 565. The zero-order valence-corrected chi connectivity index (χ0v) is 13.9. The third-order valence-corrected chi connectivity index (χ3v) is 5.67. The van der Waals surface area contributed by atoms with Gasteiger partial charge in [0, 0.05) is 18.8 Å². The molecule has 0 radical (unpaired) electrons. The summed E-state index contributed by atoms with van der Waals surface area (Å²) in [5.41, 5.74) is 0.0219. The number of hydrogen-bond acceptors (Lipinski definition) is 4. The van der Waals surface area contributed by atoms with Gasteiger partial charge in [-0.2, -0.15) is 5.10 Å². The average Bonchev–Trinajstić information content (AvgIpc) is 2.98. The molecule has 6 nitrogen and oxygen atoms in total. The van der Waals surface area contributed by atoms with E-state index in [1.807, 2.05) is 6.92 Å². The number of aromatic nitrogens is 2. The van der Waals surface area contributed by atoms with Gasteiger partial charge < -0.3 is 5.32 Å². The Morgan fingerprint density at radius 3 is 2.86 bits per heavy atom. The Labute approximate surface area is 127 Å². The van der Waals surface area contributed by atoms with E-state index in [9.17, 15) is 8.42 Å². The molecule has 1 atom stereocenters. The summed E-state index contributed by atoms with van der Waals surface area (Å²) in [5.74, 6) is 0. The van der Waals surface area contributed by atoms with Crippen molar-refractivity contribution in [3.63, 3.8) is 0 Å². The molecule has 1 unspecified atom stereocenters. The molecule has 7 heteroatoms. The molecule has 2 N–H and O–H groups in total. The van der Waals surface area contributed by atoms with Gasteiger partial charge in [0.15, 0.2) is 0 Å². The van der Waals surface area contributed by atoms with Crippen LogP contribution in [0.1, 0.15) is 40.0 Å². The summed E-state index contributed by atoms with van der Waals surface area (Å²) in [6, 6.07) is 0.00704. The van der Waals surface area contributed by atoms with Crippen molar-refractivity contribution < 1.29 is 8.42 Å². The Hall–Kier alpha value is -0.920. The van der Waals surface area contributed by atoms with Crippen LogP contribution in [-0.4, -0.2) is 37.3 Å². The molecule has 1 aliphatic carbocycles. The van der Waals surface area contributed by atoms with Crippen molar-refractivity contribution in [2.75, 3.05) is 13.1 Å². The number of nitrogens with zero attached hydrogens (tertiary/aromatic N) is 2. The predicted molar refractivity (Wildman–Crippen MR) is 82.5 cm³/mol. The number of hydrogen-bond donors (Lipinski definition) is 2. The quantitative estimate of drug-likeness (QED) is 0.745. The number of rotatable bonds is 7. The summed E-state index contributed by atoms with van der Waals surface area (Å²) in [6.45, 7) is 8.61. The lowest BCUT2D eigenvalue weighted by Crippen LogP contribution is -2.41. The Morgan fingerprint density at radius 2 is 2.24 bits per heavy atom. The fourth-order valence-corrected chi connectivity index (χ4v) is 4.17. The third-order valence-electron chi connectivity index (χ3n) is 4.24. The van der Waals surface area contributed by atoms with Gasteiger partial charge in [-0.3, -0.25) is 4.68 Å². The van der Waals surface area contributed by atoms with Gasteiger partial charge in [-0.15, -0.1) is 0 Å². The van der Waals surface area contributed by atoms with Crippen molar-refractivity contribution in [3.05, 3.63) is 12.4 Å². The first-order valence-corrected chi connectivity index (χ1v) is 9.09. The van der Waals surface area contributed by atoms with Crippen LogP contribution in [0, 0.1) is 5.41 Å². The molecular weight excluding hydrogens is 288 g/mol. The first kappa shape index (κ1) is 16.5. The molecule has 0 aliphatic heterocycles. The maximum absolute atomic E-state index is 12.4. The summed E-state index contributed by atoms with van der Waals surface area (Å²) in [5, 5.41) is 7.31. The van der Waals surface area contributed by atoms with E-state index in [0.717, 1.165) is 32.4 Å². The molecule has 0 aromatic carbocycles. The topological polar surface area (TPSA) is 76.0 Å². The van der Waals surface area contributed by atoms with Gasteiger partial charge in [0.05, 0.1) is 12.7 Å². The van der Waals surface area contributed by atoms with Gasteiger partial charge in [-0.05, 0) is 24.8 Å². The zero-order chi connectivity index (χ0) is 15.5. The highest BCUT2D eigenvalue weighted by molar-refractivity contribution is 7.89. The molecule has 0 spiro atoms. The smallest absolute Gasteiger partial charge is 0.243 e. The van der Waals surface area contributed by atoms with E-state index in [4.69, 9.17) is 0 Å². The molecular formula is C14H26N4O2S. The molecule has 1 fully saturated rings. The molecule has 0 bridgehead atoms. The molecule has 1 aliphatic rings. The lowest BCUT2D eigenvalue weighted by molar-refractivity contribution is 0.313. The van der Waals surface area contributed by atoms with Crippen LogP contribution in [0.25, 0.3) is 0 Å². The van der Waals surface area contributed by atoms with Crippen molar-refractivity contribution >= 4 is 10.0 Å². The van der Waals surface area contributed by atoms with Gasteiger partial charge in [0.2, 0.25) is 10.0 Å². The normalized spacial score (nSPS) is 21.8.